The lowest BCUT2D eigenvalue weighted by molar-refractivity contribution is 0.0179. The SMILES string of the molecule is CC1(C)[C@H]2Cc3c(ccc4c3C(=O)OC4=O)[C@@H]1C2. The average molecular weight is 242 g/mol. The van der Waals surface area contributed by atoms with Gasteiger partial charge in [0, 0.05) is 0 Å². The molecule has 2 bridgehead atoms. The Kier molecular flexibility index (Phi) is 1.63. The monoisotopic (exact) mass is 242 g/mol. The Morgan fingerprint density at radius 3 is 2.72 bits per heavy atom. The highest BCUT2D eigenvalue weighted by molar-refractivity contribution is 6.15. The molecule has 1 saturated carbocycles. The normalized spacial score (nSPS) is 30.3. The molecular weight excluding hydrogens is 228 g/mol. The second kappa shape index (κ2) is 2.85. The lowest BCUT2D eigenvalue weighted by Crippen LogP contribution is -2.48. The van der Waals surface area contributed by atoms with Crippen LogP contribution in [0.3, 0.4) is 0 Å². The molecular formula is C15H14O3. The van der Waals surface area contributed by atoms with Crippen LogP contribution in [0.4, 0.5) is 0 Å². The van der Waals surface area contributed by atoms with E-state index in [-0.39, 0.29) is 0 Å². The summed E-state index contributed by atoms with van der Waals surface area (Å²) in [6.45, 7) is 4.59. The van der Waals surface area contributed by atoms with E-state index in [4.69, 9.17) is 4.74 Å². The molecule has 0 aromatic heterocycles. The number of hydrogen-bond donors (Lipinski definition) is 0. The lowest BCUT2D eigenvalue weighted by Gasteiger charge is -2.57. The van der Waals surface area contributed by atoms with Gasteiger partial charge in [-0.3, -0.25) is 0 Å². The van der Waals surface area contributed by atoms with Crippen LogP contribution in [0.5, 0.6) is 0 Å². The number of carbonyl (C=O) groups is 2. The number of fused-ring (bicyclic) bond motifs is 1. The van der Waals surface area contributed by atoms with E-state index >= 15 is 0 Å². The molecule has 2 atom stereocenters. The molecule has 0 N–H and O–H groups in total. The summed E-state index contributed by atoms with van der Waals surface area (Å²) < 4.78 is 4.72. The molecule has 3 nitrogen and oxygen atoms in total. The van der Waals surface area contributed by atoms with Gasteiger partial charge in [-0.2, -0.15) is 0 Å². The largest absolute Gasteiger partial charge is 0.386 e. The van der Waals surface area contributed by atoms with E-state index in [0.29, 0.717) is 28.4 Å². The summed E-state index contributed by atoms with van der Waals surface area (Å²) >= 11 is 0. The number of ether oxygens (including phenoxy) is 1. The molecule has 92 valence electrons. The van der Waals surface area contributed by atoms with Gasteiger partial charge < -0.3 is 4.74 Å². The topological polar surface area (TPSA) is 43.4 Å². The molecule has 1 aromatic rings. The number of cyclic esters (lactones) is 2. The first-order chi connectivity index (χ1) is 8.50. The molecule has 0 amide bonds. The number of benzene rings is 1. The minimum Gasteiger partial charge on any atom is -0.386 e. The predicted molar refractivity (Wildman–Crippen MR) is 64.5 cm³/mol. The van der Waals surface area contributed by atoms with Crippen LogP contribution in [-0.2, 0) is 11.2 Å². The molecule has 0 spiro atoms. The third kappa shape index (κ3) is 0.972. The second-order valence-corrected chi connectivity index (χ2v) is 6.24. The first kappa shape index (κ1) is 10.3. The molecule has 5 rings (SSSR count). The van der Waals surface area contributed by atoms with Crippen molar-refractivity contribution in [1.29, 1.82) is 0 Å². The minimum absolute atomic E-state index is 0.327. The van der Waals surface area contributed by atoms with Crippen molar-refractivity contribution in [3.05, 3.63) is 34.4 Å². The highest BCUT2D eigenvalue weighted by atomic mass is 16.6. The van der Waals surface area contributed by atoms with Crippen molar-refractivity contribution >= 4 is 11.9 Å². The van der Waals surface area contributed by atoms with Crippen LogP contribution in [-0.4, -0.2) is 11.9 Å². The van der Waals surface area contributed by atoms with Crippen LogP contribution in [0.1, 0.15) is 58.0 Å². The van der Waals surface area contributed by atoms with E-state index < -0.39 is 11.9 Å². The van der Waals surface area contributed by atoms with E-state index in [9.17, 15) is 9.59 Å². The van der Waals surface area contributed by atoms with Crippen molar-refractivity contribution < 1.29 is 14.3 Å². The van der Waals surface area contributed by atoms with Gasteiger partial charge in [0.25, 0.3) is 0 Å². The van der Waals surface area contributed by atoms with Gasteiger partial charge in [-0.05, 0) is 47.3 Å². The van der Waals surface area contributed by atoms with Crippen molar-refractivity contribution in [2.75, 3.05) is 0 Å². The molecule has 3 heteroatoms. The summed E-state index contributed by atoms with van der Waals surface area (Å²) in [6.07, 6.45) is 2.12. The van der Waals surface area contributed by atoms with Crippen LogP contribution in [0.25, 0.3) is 0 Å². The van der Waals surface area contributed by atoms with Crippen LogP contribution in [0, 0.1) is 11.3 Å². The van der Waals surface area contributed by atoms with Crippen molar-refractivity contribution in [3.8, 4) is 0 Å². The van der Waals surface area contributed by atoms with Crippen molar-refractivity contribution in [1.82, 2.24) is 0 Å². The van der Waals surface area contributed by atoms with Crippen molar-refractivity contribution in [3.63, 3.8) is 0 Å². The standard InChI is InChI=1S/C15H14O3/c1-15(2)7-5-10-8(11(15)6-7)3-4-9-12(10)14(17)18-13(9)16/h3-4,7,11H,5-6H2,1-2H3/t7-,11-/m0/s1. The first-order valence-corrected chi connectivity index (χ1v) is 6.42. The van der Waals surface area contributed by atoms with Crippen LogP contribution in [0.15, 0.2) is 12.1 Å². The fraction of sp³-hybridized carbons (Fsp3) is 0.467. The van der Waals surface area contributed by atoms with E-state index in [1.807, 2.05) is 6.07 Å². The Morgan fingerprint density at radius 1 is 1.22 bits per heavy atom. The smallest absolute Gasteiger partial charge is 0.347 e. The molecule has 1 fully saturated rings. The predicted octanol–water partition coefficient (Wildman–Crippen LogP) is 2.68. The number of carbonyl (C=O) groups excluding carboxylic acids is 2. The number of hydrogen-bond acceptors (Lipinski definition) is 3. The Bertz CT molecular complexity index is 612. The van der Waals surface area contributed by atoms with Gasteiger partial charge in [0.05, 0.1) is 11.1 Å². The van der Waals surface area contributed by atoms with Gasteiger partial charge in [0.1, 0.15) is 0 Å². The van der Waals surface area contributed by atoms with Crippen LogP contribution in [0.2, 0.25) is 0 Å². The summed E-state index contributed by atoms with van der Waals surface area (Å²) in [6, 6.07) is 3.78. The third-order valence-electron chi connectivity index (χ3n) is 5.26. The molecule has 18 heavy (non-hydrogen) atoms. The summed E-state index contributed by atoms with van der Waals surface area (Å²) in [4.78, 5) is 23.3. The Labute approximate surface area is 105 Å². The minimum atomic E-state index is -0.490. The summed E-state index contributed by atoms with van der Waals surface area (Å²) in [5, 5.41) is 0. The molecule has 0 saturated heterocycles. The van der Waals surface area contributed by atoms with Crippen molar-refractivity contribution in [2.24, 2.45) is 11.3 Å². The maximum Gasteiger partial charge on any atom is 0.347 e. The van der Waals surface area contributed by atoms with E-state index in [2.05, 4.69) is 13.8 Å². The number of esters is 2. The Hall–Kier alpha value is -1.64. The fourth-order valence-electron chi connectivity index (χ4n) is 3.94. The van der Waals surface area contributed by atoms with Crippen LogP contribution >= 0.6 is 0 Å². The highest BCUT2D eigenvalue weighted by Crippen LogP contribution is 2.62. The van der Waals surface area contributed by atoms with Gasteiger partial charge >= 0.3 is 11.9 Å². The molecule has 1 heterocycles. The zero-order valence-electron chi connectivity index (χ0n) is 10.4. The summed E-state index contributed by atoms with van der Waals surface area (Å²) in [5.41, 5.74) is 3.66. The number of rotatable bonds is 0. The van der Waals surface area contributed by atoms with E-state index in [1.54, 1.807) is 6.07 Å². The van der Waals surface area contributed by atoms with Gasteiger partial charge in [-0.1, -0.05) is 19.9 Å². The maximum atomic E-state index is 11.8. The van der Waals surface area contributed by atoms with Crippen LogP contribution < -0.4 is 0 Å². The third-order valence-corrected chi connectivity index (χ3v) is 5.26. The van der Waals surface area contributed by atoms with E-state index in [1.165, 1.54) is 12.0 Å². The molecule has 1 aromatic carbocycles. The van der Waals surface area contributed by atoms with Crippen molar-refractivity contribution in [2.45, 2.75) is 32.6 Å². The lowest BCUT2D eigenvalue weighted by atomic mass is 9.47. The van der Waals surface area contributed by atoms with Gasteiger partial charge in [-0.25, -0.2) is 9.59 Å². The summed E-state index contributed by atoms with van der Waals surface area (Å²) in [7, 11) is 0. The van der Waals surface area contributed by atoms with Gasteiger partial charge in [-0.15, -0.1) is 0 Å². The fourth-order valence-corrected chi connectivity index (χ4v) is 3.94. The molecule has 3 aliphatic carbocycles. The zero-order valence-corrected chi connectivity index (χ0v) is 10.4. The summed E-state index contributed by atoms with van der Waals surface area (Å²) in [5.74, 6) is 0.215. The maximum absolute atomic E-state index is 11.8. The zero-order chi connectivity index (χ0) is 12.7. The first-order valence-electron chi connectivity index (χ1n) is 6.42. The quantitative estimate of drug-likeness (QED) is 0.519. The van der Waals surface area contributed by atoms with Gasteiger partial charge in [0.15, 0.2) is 0 Å². The Morgan fingerprint density at radius 2 is 2.00 bits per heavy atom. The average Bonchev–Trinajstić information content (AvgIpc) is 2.64. The second-order valence-electron chi connectivity index (χ2n) is 6.24. The molecule has 1 aliphatic heterocycles. The molecule has 4 aliphatic rings. The Balaban J connectivity index is 1.96. The molecule has 0 unspecified atom stereocenters. The molecule has 0 radical (unpaired) electrons. The van der Waals surface area contributed by atoms with Gasteiger partial charge in [0.2, 0.25) is 0 Å². The highest BCUT2D eigenvalue weighted by Gasteiger charge is 2.54. The van der Waals surface area contributed by atoms with E-state index in [0.717, 1.165) is 12.0 Å².